The van der Waals surface area contributed by atoms with Gasteiger partial charge in [0.15, 0.2) is 29.8 Å². The van der Waals surface area contributed by atoms with Gasteiger partial charge in [0.05, 0.1) is 17.8 Å². The van der Waals surface area contributed by atoms with Gasteiger partial charge >= 0.3 is 11.8 Å². The van der Waals surface area contributed by atoms with E-state index in [1.807, 2.05) is 0 Å². The zero-order valence-electron chi connectivity index (χ0n) is 20.7. The quantitative estimate of drug-likeness (QED) is 0.302. The Labute approximate surface area is 223 Å². The number of rotatable bonds is 6. The minimum atomic E-state index is -1.04. The zero-order valence-corrected chi connectivity index (χ0v) is 20.7. The topological polar surface area (TPSA) is 132 Å². The van der Waals surface area contributed by atoms with Gasteiger partial charge in [-0.3, -0.25) is 9.89 Å². The van der Waals surface area contributed by atoms with Crippen molar-refractivity contribution >= 4 is 17.6 Å². The monoisotopic (exact) mass is 544 g/mol. The van der Waals surface area contributed by atoms with Crippen molar-refractivity contribution in [3.8, 4) is 22.4 Å². The smallest absolute Gasteiger partial charge is 0.454 e. The maximum Gasteiger partial charge on any atom is 0.519 e. The third kappa shape index (κ3) is 4.45. The first kappa shape index (κ1) is 24.9. The average Bonchev–Trinajstić information content (AvgIpc) is 3.68. The number of benzene rings is 3. The fourth-order valence-electron chi connectivity index (χ4n) is 4.50. The molecule has 12 heteroatoms. The highest BCUT2D eigenvalue weighted by Crippen LogP contribution is 2.36. The lowest BCUT2D eigenvalue weighted by Crippen LogP contribution is -2.25. The molecule has 0 spiro atoms. The van der Waals surface area contributed by atoms with Gasteiger partial charge < -0.3 is 18.5 Å². The van der Waals surface area contributed by atoms with Crippen molar-refractivity contribution in [3.05, 3.63) is 111 Å². The van der Waals surface area contributed by atoms with E-state index in [2.05, 4.69) is 15.4 Å². The molecular formula is C28H18F2N4O6. The third-order valence-corrected chi connectivity index (χ3v) is 6.56. The lowest BCUT2D eigenvalue weighted by atomic mass is 10.0. The number of aryl methyl sites for hydroxylation is 1. The van der Waals surface area contributed by atoms with Gasteiger partial charge in [0, 0.05) is 17.3 Å². The number of esters is 1. The Hall–Kier alpha value is -5.39. The number of aromatic nitrogens is 3. The molecule has 1 amide bonds. The van der Waals surface area contributed by atoms with Gasteiger partial charge in [0.2, 0.25) is 0 Å². The van der Waals surface area contributed by atoms with Crippen LogP contribution >= 0.6 is 0 Å². The average molecular weight is 544 g/mol. The molecular weight excluding hydrogens is 526 g/mol. The first-order valence-electron chi connectivity index (χ1n) is 12.0. The number of nitrogens with one attached hydrogen (secondary N) is 1. The Balaban J connectivity index is 1.38. The SMILES string of the molecule is Cc1oc(=O)oc1COC(=O)c1ccc(-c2ccc(F)c(F)c2)cc1N1Cc2ccc(-c3c[nH]nn3)cc2C1=O. The van der Waals surface area contributed by atoms with Gasteiger partial charge in [-0.15, -0.1) is 5.10 Å². The van der Waals surface area contributed by atoms with E-state index in [1.54, 1.807) is 24.4 Å². The summed E-state index contributed by atoms with van der Waals surface area (Å²) in [6.45, 7) is 1.25. The van der Waals surface area contributed by atoms with Crippen molar-refractivity contribution in [2.24, 2.45) is 0 Å². The molecule has 1 aliphatic heterocycles. The molecule has 0 atom stereocenters. The number of hydrogen-bond acceptors (Lipinski definition) is 8. The van der Waals surface area contributed by atoms with Crippen molar-refractivity contribution < 1.29 is 31.9 Å². The lowest BCUT2D eigenvalue weighted by Gasteiger charge is -2.20. The zero-order chi connectivity index (χ0) is 28.0. The van der Waals surface area contributed by atoms with Crippen molar-refractivity contribution in [1.29, 1.82) is 0 Å². The molecule has 1 aliphatic rings. The van der Waals surface area contributed by atoms with Crippen LogP contribution in [0.2, 0.25) is 0 Å². The summed E-state index contributed by atoms with van der Waals surface area (Å²) in [7, 11) is 0. The van der Waals surface area contributed by atoms with Gasteiger partial charge in [-0.25, -0.2) is 18.4 Å². The first-order valence-corrected chi connectivity index (χ1v) is 12.0. The predicted molar refractivity (Wildman–Crippen MR) is 135 cm³/mol. The van der Waals surface area contributed by atoms with E-state index >= 15 is 0 Å². The molecule has 1 N–H and O–H groups in total. The predicted octanol–water partition coefficient (Wildman–Crippen LogP) is 4.79. The second-order valence-electron chi connectivity index (χ2n) is 8.99. The molecule has 3 aromatic carbocycles. The van der Waals surface area contributed by atoms with Crippen LogP contribution in [0.3, 0.4) is 0 Å². The number of fused-ring (bicyclic) bond motifs is 1. The highest BCUT2D eigenvalue weighted by Gasteiger charge is 2.32. The summed E-state index contributed by atoms with van der Waals surface area (Å²) in [5.74, 6) is -3.94. The van der Waals surface area contributed by atoms with Gasteiger partial charge in [-0.05, 0) is 53.9 Å². The molecule has 0 unspecified atom stereocenters. The Morgan fingerprint density at radius 3 is 2.50 bits per heavy atom. The maximum atomic E-state index is 14.0. The molecule has 0 saturated carbocycles. The molecule has 5 aromatic rings. The number of carbonyl (C=O) groups excluding carboxylic acids is 2. The van der Waals surface area contributed by atoms with Crippen LogP contribution in [0.1, 0.15) is 37.8 Å². The Morgan fingerprint density at radius 2 is 1.77 bits per heavy atom. The van der Waals surface area contributed by atoms with Crippen molar-refractivity contribution in [2.75, 3.05) is 4.90 Å². The standard InChI is InChI=1S/C28H18F2N4O6/c1-14-25(40-28(37)39-14)13-38-27(36)19-6-4-16(15-5-7-21(29)22(30)9-15)10-24(19)34-12-18-3-2-17(8-20(18)26(34)35)23-11-31-33-32-23/h2-11H,12-13H2,1H3,(H,31,32,33). The van der Waals surface area contributed by atoms with Gasteiger partial charge in [0.25, 0.3) is 5.91 Å². The number of H-pyrrole nitrogens is 1. The Bertz CT molecular complexity index is 1840. The van der Waals surface area contributed by atoms with E-state index in [9.17, 15) is 23.2 Å². The number of anilines is 1. The Morgan fingerprint density at radius 1 is 1.00 bits per heavy atom. The van der Waals surface area contributed by atoms with E-state index < -0.39 is 23.4 Å². The van der Waals surface area contributed by atoms with Crippen LogP contribution in [-0.4, -0.2) is 27.3 Å². The van der Waals surface area contributed by atoms with Crippen LogP contribution < -0.4 is 10.7 Å². The van der Waals surface area contributed by atoms with Gasteiger partial charge in [0.1, 0.15) is 5.69 Å². The number of ether oxygens (including phenoxy) is 1. The summed E-state index contributed by atoms with van der Waals surface area (Å²) >= 11 is 0. The summed E-state index contributed by atoms with van der Waals surface area (Å²) < 4.78 is 42.6. The second kappa shape index (κ2) is 9.73. The first-order chi connectivity index (χ1) is 19.3. The molecule has 40 heavy (non-hydrogen) atoms. The summed E-state index contributed by atoms with van der Waals surface area (Å²) in [6, 6.07) is 13.2. The van der Waals surface area contributed by atoms with Gasteiger partial charge in [-0.1, -0.05) is 29.5 Å². The molecule has 0 fully saturated rings. The normalized spacial score (nSPS) is 12.6. The maximum absolute atomic E-state index is 14.0. The van der Waals surface area contributed by atoms with Crippen LogP contribution in [-0.2, 0) is 17.9 Å². The fourth-order valence-corrected chi connectivity index (χ4v) is 4.50. The van der Waals surface area contributed by atoms with Crippen LogP contribution in [0.25, 0.3) is 22.4 Å². The molecule has 2 aromatic heterocycles. The summed E-state index contributed by atoms with van der Waals surface area (Å²) in [6.07, 6.45) is 1.60. The number of halogens is 2. The van der Waals surface area contributed by atoms with E-state index in [4.69, 9.17) is 13.6 Å². The summed E-state index contributed by atoms with van der Waals surface area (Å²) in [4.78, 5) is 39.6. The second-order valence-corrected chi connectivity index (χ2v) is 8.99. The summed E-state index contributed by atoms with van der Waals surface area (Å²) in [5, 5.41) is 10.3. The number of nitrogens with zero attached hydrogens (tertiary/aromatic N) is 3. The summed E-state index contributed by atoms with van der Waals surface area (Å²) in [5.41, 5.74) is 3.37. The van der Waals surface area contributed by atoms with Crippen LogP contribution in [0.15, 0.2) is 74.4 Å². The lowest BCUT2D eigenvalue weighted by molar-refractivity contribution is 0.0444. The number of aromatic amines is 1. The van der Waals surface area contributed by atoms with Crippen molar-refractivity contribution in [3.63, 3.8) is 0 Å². The fraction of sp³-hybridized carbons (Fsp3) is 0.107. The molecule has 6 rings (SSSR count). The van der Waals surface area contributed by atoms with Crippen molar-refractivity contribution in [1.82, 2.24) is 15.4 Å². The molecule has 3 heterocycles. The van der Waals surface area contributed by atoms with E-state index in [1.165, 1.54) is 36.1 Å². The Kier molecular flexibility index (Phi) is 6.06. The third-order valence-electron chi connectivity index (χ3n) is 6.56. The van der Waals surface area contributed by atoms with Crippen LogP contribution in [0.5, 0.6) is 0 Å². The van der Waals surface area contributed by atoms with Crippen LogP contribution in [0, 0.1) is 18.6 Å². The molecule has 200 valence electrons. The number of amides is 1. The molecule has 0 aliphatic carbocycles. The molecule has 0 saturated heterocycles. The highest BCUT2D eigenvalue weighted by atomic mass is 19.2. The van der Waals surface area contributed by atoms with Crippen LogP contribution in [0.4, 0.5) is 14.5 Å². The highest BCUT2D eigenvalue weighted by molar-refractivity contribution is 6.13. The number of hydrogen-bond donors (Lipinski definition) is 1. The van der Waals surface area contributed by atoms with E-state index in [-0.39, 0.29) is 41.8 Å². The largest absolute Gasteiger partial charge is 0.519 e. The van der Waals surface area contributed by atoms with E-state index in [0.29, 0.717) is 33.5 Å². The number of carbonyl (C=O) groups is 2. The van der Waals surface area contributed by atoms with E-state index in [0.717, 1.165) is 12.1 Å². The minimum absolute atomic E-state index is 0.0349. The molecule has 10 nitrogen and oxygen atoms in total. The van der Waals surface area contributed by atoms with Crippen molar-refractivity contribution in [2.45, 2.75) is 20.1 Å². The molecule has 0 radical (unpaired) electrons. The molecule has 0 bridgehead atoms. The minimum Gasteiger partial charge on any atom is -0.454 e. The van der Waals surface area contributed by atoms with Gasteiger partial charge in [-0.2, -0.15) is 0 Å².